The molecule has 2 rings (SSSR count). The van der Waals surface area contributed by atoms with Crippen LogP contribution in [-0.2, 0) is 16.6 Å². The second-order valence-corrected chi connectivity index (χ2v) is 7.43. The molecule has 4 nitrogen and oxygen atoms in total. The molecule has 4 N–H and O–H groups in total. The fourth-order valence-electron chi connectivity index (χ4n) is 2.61. The van der Waals surface area contributed by atoms with Crippen LogP contribution in [0.1, 0.15) is 43.6 Å². The Morgan fingerprint density at radius 2 is 1.68 bits per heavy atom. The molecule has 25 heavy (non-hydrogen) atoms. The van der Waals surface area contributed by atoms with Crippen LogP contribution in [0.5, 0.6) is 0 Å². The third kappa shape index (κ3) is 5.69. The molecule has 0 aromatic heterocycles. The van der Waals surface area contributed by atoms with Gasteiger partial charge < -0.3 is 16.2 Å². The first kappa shape index (κ1) is 19.2. The molecule has 1 amide bonds. The lowest BCUT2D eigenvalue weighted by atomic mass is 9.86. The number of aliphatic hydroxyl groups excluding tert-OH is 1. The number of rotatable bonds is 6. The van der Waals surface area contributed by atoms with Crippen LogP contribution in [-0.4, -0.2) is 23.6 Å². The van der Waals surface area contributed by atoms with E-state index in [4.69, 9.17) is 5.73 Å². The largest absolute Gasteiger partial charge is 0.387 e. The van der Waals surface area contributed by atoms with Crippen LogP contribution < -0.4 is 11.1 Å². The van der Waals surface area contributed by atoms with E-state index in [1.54, 1.807) is 0 Å². The van der Waals surface area contributed by atoms with Crippen molar-refractivity contribution in [3.05, 3.63) is 71.3 Å². The maximum Gasteiger partial charge on any atom is 0.237 e. The molecule has 0 aliphatic rings. The van der Waals surface area contributed by atoms with Gasteiger partial charge in [-0.3, -0.25) is 4.79 Å². The highest BCUT2D eigenvalue weighted by molar-refractivity contribution is 5.81. The summed E-state index contributed by atoms with van der Waals surface area (Å²) >= 11 is 0. The highest BCUT2D eigenvalue weighted by atomic mass is 16.3. The molecule has 2 atom stereocenters. The minimum Gasteiger partial charge on any atom is -0.387 e. The Balaban J connectivity index is 1.86. The van der Waals surface area contributed by atoms with E-state index < -0.39 is 12.1 Å². The minimum atomic E-state index is -0.748. The van der Waals surface area contributed by atoms with Gasteiger partial charge in [-0.1, -0.05) is 75.4 Å². The topological polar surface area (TPSA) is 75.3 Å². The average molecular weight is 340 g/mol. The molecule has 0 fully saturated rings. The van der Waals surface area contributed by atoms with E-state index in [0.717, 1.165) is 11.1 Å². The van der Waals surface area contributed by atoms with Crippen LogP contribution in [0, 0.1) is 0 Å². The Labute approximate surface area is 150 Å². The molecular weight excluding hydrogens is 312 g/mol. The lowest BCUT2D eigenvalue weighted by Crippen LogP contribution is -2.43. The molecule has 0 saturated carbocycles. The summed E-state index contributed by atoms with van der Waals surface area (Å²) in [6.07, 6.45) is -0.273. The van der Waals surface area contributed by atoms with Crippen LogP contribution in [0.2, 0.25) is 0 Å². The SMILES string of the molecule is CC(C)(C)c1ccc(C(O)CNC(=O)[C@@H](N)Cc2ccccc2)cc1. The number of nitrogens with two attached hydrogens (primary N) is 1. The maximum atomic E-state index is 12.1. The fraction of sp³-hybridized carbons (Fsp3) is 0.381. The van der Waals surface area contributed by atoms with Crippen LogP contribution in [0.4, 0.5) is 0 Å². The van der Waals surface area contributed by atoms with E-state index in [2.05, 4.69) is 26.1 Å². The lowest BCUT2D eigenvalue weighted by Gasteiger charge is -2.20. The monoisotopic (exact) mass is 340 g/mol. The zero-order valence-corrected chi connectivity index (χ0v) is 15.2. The molecule has 1 unspecified atom stereocenters. The van der Waals surface area contributed by atoms with Crippen molar-refractivity contribution >= 4 is 5.91 Å². The van der Waals surface area contributed by atoms with Crippen LogP contribution in [0.25, 0.3) is 0 Å². The van der Waals surface area contributed by atoms with Crippen molar-refractivity contribution in [2.75, 3.05) is 6.54 Å². The highest BCUT2D eigenvalue weighted by Gasteiger charge is 2.17. The summed E-state index contributed by atoms with van der Waals surface area (Å²) in [7, 11) is 0. The van der Waals surface area contributed by atoms with Gasteiger partial charge in [0.05, 0.1) is 12.1 Å². The number of hydrogen-bond acceptors (Lipinski definition) is 3. The first-order chi connectivity index (χ1) is 11.8. The third-order valence-electron chi connectivity index (χ3n) is 4.27. The Morgan fingerprint density at radius 1 is 1.08 bits per heavy atom. The summed E-state index contributed by atoms with van der Waals surface area (Å²) in [5.74, 6) is -0.255. The fourth-order valence-corrected chi connectivity index (χ4v) is 2.61. The van der Waals surface area contributed by atoms with Crippen molar-refractivity contribution in [1.29, 1.82) is 0 Å². The average Bonchev–Trinajstić information content (AvgIpc) is 2.59. The third-order valence-corrected chi connectivity index (χ3v) is 4.27. The van der Waals surface area contributed by atoms with E-state index in [1.807, 2.05) is 54.6 Å². The quantitative estimate of drug-likeness (QED) is 0.757. The van der Waals surface area contributed by atoms with Gasteiger partial charge in [0, 0.05) is 6.54 Å². The van der Waals surface area contributed by atoms with E-state index in [-0.39, 0.29) is 17.9 Å². The predicted octanol–water partition coefficient (Wildman–Crippen LogP) is 2.70. The van der Waals surface area contributed by atoms with E-state index in [9.17, 15) is 9.90 Å². The van der Waals surface area contributed by atoms with Crippen molar-refractivity contribution in [2.24, 2.45) is 5.73 Å². The number of carbonyl (C=O) groups excluding carboxylic acids is 1. The highest BCUT2D eigenvalue weighted by Crippen LogP contribution is 2.23. The van der Waals surface area contributed by atoms with Gasteiger partial charge in [0.25, 0.3) is 0 Å². The Morgan fingerprint density at radius 3 is 2.24 bits per heavy atom. The molecule has 0 heterocycles. The van der Waals surface area contributed by atoms with Crippen molar-refractivity contribution in [3.8, 4) is 0 Å². The van der Waals surface area contributed by atoms with Gasteiger partial charge in [-0.15, -0.1) is 0 Å². The number of carbonyl (C=O) groups is 1. The Bertz CT molecular complexity index is 675. The standard InChI is InChI=1S/C21H28N2O2/c1-21(2,3)17-11-9-16(10-12-17)19(24)14-23-20(25)18(22)13-15-7-5-4-6-8-15/h4-12,18-19,24H,13-14,22H2,1-3H3,(H,23,25)/t18-,19?/m0/s1. The zero-order chi connectivity index (χ0) is 18.4. The molecule has 0 radical (unpaired) electrons. The van der Waals surface area contributed by atoms with Crippen LogP contribution >= 0.6 is 0 Å². The van der Waals surface area contributed by atoms with Crippen molar-refractivity contribution in [3.63, 3.8) is 0 Å². The summed E-state index contributed by atoms with van der Waals surface area (Å²) in [5, 5.41) is 13.0. The van der Waals surface area contributed by atoms with E-state index >= 15 is 0 Å². The molecule has 0 saturated heterocycles. The molecule has 2 aromatic rings. The summed E-state index contributed by atoms with van der Waals surface area (Å²) in [5.41, 5.74) is 9.02. The number of aliphatic hydroxyl groups is 1. The normalized spacial score (nSPS) is 14.0. The second kappa shape index (κ2) is 8.28. The zero-order valence-electron chi connectivity index (χ0n) is 15.2. The molecule has 4 heteroatoms. The minimum absolute atomic E-state index is 0.0713. The number of benzene rings is 2. The van der Waals surface area contributed by atoms with E-state index in [1.165, 1.54) is 5.56 Å². The van der Waals surface area contributed by atoms with Crippen molar-refractivity contribution in [1.82, 2.24) is 5.32 Å². The van der Waals surface area contributed by atoms with Gasteiger partial charge in [0.15, 0.2) is 0 Å². The molecule has 0 spiro atoms. The second-order valence-electron chi connectivity index (χ2n) is 7.43. The first-order valence-electron chi connectivity index (χ1n) is 8.63. The smallest absolute Gasteiger partial charge is 0.237 e. The first-order valence-corrected chi connectivity index (χ1v) is 8.63. The summed E-state index contributed by atoms with van der Waals surface area (Å²) < 4.78 is 0. The van der Waals surface area contributed by atoms with Crippen LogP contribution in [0.15, 0.2) is 54.6 Å². The van der Waals surface area contributed by atoms with Gasteiger partial charge in [-0.25, -0.2) is 0 Å². The molecule has 0 aliphatic carbocycles. The Hall–Kier alpha value is -2.17. The predicted molar refractivity (Wildman–Crippen MR) is 101 cm³/mol. The van der Waals surface area contributed by atoms with Gasteiger partial charge >= 0.3 is 0 Å². The van der Waals surface area contributed by atoms with Crippen molar-refractivity contribution < 1.29 is 9.90 Å². The number of amides is 1. The molecule has 2 aromatic carbocycles. The molecular formula is C21H28N2O2. The van der Waals surface area contributed by atoms with Gasteiger partial charge in [0.1, 0.15) is 0 Å². The summed E-state index contributed by atoms with van der Waals surface area (Å²) in [6.45, 7) is 6.59. The van der Waals surface area contributed by atoms with Gasteiger partial charge in [-0.2, -0.15) is 0 Å². The Kier molecular flexibility index (Phi) is 6.34. The summed E-state index contributed by atoms with van der Waals surface area (Å²) in [4.78, 5) is 12.1. The maximum absolute atomic E-state index is 12.1. The number of hydrogen-bond donors (Lipinski definition) is 3. The molecule has 134 valence electrons. The molecule has 0 aliphatic heterocycles. The number of nitrogens with one attached hydrogen (secondary N) is 1. The van der Waals surface area contributed by atoms with Gasteiger partial charge in [-0.05, 0) is 28.5 Å². The van der Waals surface area contributed by atoms with Crippen molar-refractivity contribution in [2.45, 2.75) is 44.8 Å². The molecule has 0 bridgehead atoms. The lowest BCUT2D eigenvalue weighted by molar-refractivity contribution is -0.122. The van der Waals surface area contributed by atoms with Gasteiger partial charge in [0.2, 0.25) is 5.91 Å². The summed E-state index contributed by atoms with van der Waals surface area (Å²) in [6, 6.07) is 16.9. The van der Waals surface area contributed by atoms with E-state index in [0.29, 0.717) is 6.42 Å². The van der Waals surface area contributed by atoms with Crippen LogP contribution in [0.3, 0.4) is 0 Å².